The second-order valence-electron chi connectivity index (χ2n) is 9.71. The minimum atomic E-state index is -0.649. The maximum atomic E-state index is 11.6. The summed E-state index contributed by atoms with van der Waals surface area (Å²) in [6, 6.07) is 10.7. The van der Waals surface area contributed by atoms with Crippen molar-refractivity contribution in [2.24, 2.45) is 0 Å². The first-order valence-electron chi connectivity index (χ1n) is 13.1. The Morgan fingerprint density at radius 1 is 1.05 bits per heavy atom. The number of hydrogen-bond donors (Lipinski definition) is 2. The van der Waals surface area contributed by atoms with Gasteiger partial charge in [-0.2, -0.15) is 0 Å². The predicted molar refractivity (Wildman–Crippen MR) is 151 cm³/mol. The molecule has 202 valence electrons. The molecule has 0 spiro atoms. The molecule has 2 fully saturated rings. The van der Waals surface area contributed by atoms with E-state index in [0.717, 1.165) is 58.5 Å². The zero-order chi connectivity index (χ0) is 26.8. The Kier molecular flexibility index (Phi) is 7.22. The van der Waals surface area contributed by atoms with E-state index in [-0.39, 0.29) is 5.56 Å². The standard InChI is InChI=1S/C27H30N8O3S/c1-33(27-28-15-19(16-29-27)26(36)32-37)17-21-14-22-23(39-21)25(35-10-12-38-13-11-35)31-24(30-22)18-4-6-20(7-5-18)34-8-2-3-9-34/h4-7,14-16,37H,2-3,8-13,17H2,1H3,(H,32,36). The van der Waals surface area contributed by atoms with Crippen molar-refractivity contribution < 1.29 is 14.7 Å². The number of fused-ring (bicyclic) bond motifs is 1. The number of anilines is 3. The largest absolute Gasteiger partial charge is 0.378 e. The number of nitrogens with zero attached hydrogens (tertiary/aromatic N) is 7. The molecule has 0 atom stereocenters. The maximum absolute atomic E-state index is 11.6. The van der Waals surface area contributed by atoms with E-state index >= 15 is 0 Å². The lowest BCUT2D eigenvalue weighted by Crippen LogP contribution is -2.36. The van der Waals surface area contributed by atoms with Crippen molar-refractivity contribution in [2.45, 2.75) is 19.4 Å². The van der Waals surface area contributed by atoms with Gasteiger partial charge in [-0.1, -0.05) is 0 Å². The number of nitrogens with one attached hydrogen (secondary N) is 1. The molecule has 2 aliphatic rings. The molecule has 0 bridgehead atoms. The number of carbonyl (C=O) groups is 1. The number of carbonyl (C=O) groups excluding carboxylic acids is 1. The summed E-state index contributed by atoms with van der Waals surface area (Å²) in [6.45, 7) is 5.71. The fourth-order valence-electron chi connectivity index (χ4n) is 4.96. The highest BCUT2D eigenvalue weighted by Gasteiger charge is 2.21. The SMILES string of the molecule is CN(Cc1cc2nc(-c3ccc(N4CCCC4)cc3)nc(N3CCOCC3)c2s1)c1ncc(C(=O)NO)cn1. The Morgan fingerprint density at radius 2 is 1.77 bits per heavy atom. The van der Waals surface area contributed by atoms with Gasteiger partial charge in [-0.15, -0.1) is 11.3 Å². The van der Waals surface area contributed by atoms with E-state index in [1.54, 1.807) is 16.8 Å². The monoisotopic (exact) mass is 546 g/mol. The van der Waals surface area contributed by atoms with Crippen LogP contribution in [-0.4, -0.2) is 77.5 Å². The van der Waals surface area contributed by atoms with Crippen molar-refractivity contribution >= 4 is 44.9 Å². The van der Waals surface area contributed by atoms with Gasteiger partial charge >= 0.3 is 0 Å². The molecule has 0 aliphatic carbocycles. The first-order valence-corrected chi connectivity index (χ1v) is 13.9. The third kappa shape index (κ3) is 5.35. The molecule has 0 unspecified atom stereocenters. The van der Waals surface area contributed by atoms with E-state index in [9.17, 15) is 4.79 Å². The van der Waals surface area contributed by atoms with Crippen molar-refractivity contribution in [3.63, 3.8) is 0 Å². The van der Waals surface area contributed by atoms with Gasteiger partial charge in [-0.25, -0.2) is 25.4 Å². The van der Waals surface area contributed by atoms with Gasteiger partial charge in [-0.05, 0) is 43.2 Å². The zero-order valence-corrected chi connectivity index (χ0v) is 22.5. The number of morpholine rings is 1. The van der Waals surface area contributed by atoms with Crippen LogP contribution in [0.2, 0.25) is 0 Å². The van der Waals surface area contributed by atoms with Crippen LogP contribution in [0, 0.1) is 0 Å². The summed E-state index contributed by atoms with van der Waals surface area (Å²) in [5.41, 5.74) is 4.93. The van der Waals surface area contributed by atoms with Gasteiger partial charge in [0.1, 0.15) is 0 Å². The Morgan fingerprint density at radius 3 is 2.46 bits per heavy atom. The summed E-state index contributed by atoms with van der Waals surface area (Å²) >= 11 is 1.67. The summed E-state index contributed by atoms with van der Waals surface area (Å²) in [4.78, 5) is 37.9. The molecule has 2 N–H and O–H groups in total. The van der Waals surface area contributed by atoms with Gasteiger partial charge in [0.15, 0.2) is 11.6 Å². The molecule has 6 rings (SSSR count). The highest BCUT2D eigenvalue weighted by atomic mass is 32.1. The van der Waals surface area contributed by atoms with Gasteiger partial charge in [-0.3, -0.25) is 10.0 Å². The normalized spacial score (nSPS) is 15.6. The van der Waals surface area contributed by atoms with E-state index < -0.39 is 5.91 Å². The molecule has 1 amide bonds. The first-order chi connectivity index (χ1) is 19.1. The summed E-state index contributed by atoms with van der Waals surface area (Å²) in [5, 5.41) is 8.81. The van der Waals surface area contributed by atoms with Crippen LogP contribution in [-0.2, 0) is 11.3 Å². The number of aromatic nitrogens is 4. The third-order valence-corrected chi connectivity index (χ3v) is 8.15. The molecule has 3 aromatic heterocycles. The highest BCUT2D eigenvalue weighted by Crippen LogP contribution is 2.35. The van der Waals surface area contributed by atoms with Gasteiger partial charge in [0, 0.05) is 61.7 Å². The average Bonchev–Trinajstić information content (AvgIpc) is 3.67. The van der Waals surface area contributed by atoms with Gasteiger partial charge in [0.05, 0.1) is 35.5 Å². The highest BCUT2D eigenvalue weighted by molar-refractivity contribution is 7.19. The van der Waals surface area contributed by atoms with Crippen LogP contribution in [0.4, 0.5) is 17.5 Å². The first kappa shape index (κ1) is 25.4. The van der Waals surface area contributed by atoms with E-state index in [1.165, 1.54) is 30.9 Å². The lowest BCUT2D eigenvalue weighted by atomic mass is 10.1. The Bertz CT molecular complexity index is 1450. The lowest BCUT2D eigenvalue weighted by molar-refractivity contribution is 0.0705. The molecule has 2 saturated heterocycles. The smallest absolute Gasteiger partial charge is 0.277 e. The van der Waals surface area contributed by atoms with Crippen LogP contribution >= 0.6 is 11.3 Å². The summed E-state index contributed by atoms with van der Waals surface area (Å²) in [7, 11) is 1.90. The number of hydroxylamine groups is 1. The van der Waals surface area contributed by atoms with Crippen molar-refractivity contribution in [3.8, 4) is 11.4 Å². The number of rotatable bonds is 7. The van der Waals surface area contributed by atoms with E-state index in [4.69, 9.17) is 19.9 Å². The Labute approximate surface area is 230 Å². The molecular formula is C27H30N8O3S. The number of benzene rings is 1. The van der Waals surface area contributed by atoms with Crippen LogP contribution in [0.15, 0.2) is 42.7 Å². The van der Waals surface area contributed by atoms with Crippen molar-refractivity contribution in [3.05, 3.63) is 53.2 Å². The molecule has 5 heterocycles. The van der Waals surface area contributed by atoms with Crippen LogP contribution in [0.5, 0.6) is 0 Å². The Hall–Kier alpha value is -3.87. The second kappa shape index (κ2) is 11.1. The van der Waals surface area contributed by atoms with Gasteiger partial charge in [0.2, 0.25) is 5.95 Å². The number of thiophene rings is 1. The van der Waals surface area contributed by atoms with Gasteiger partial charge < -0.3 is 19.4 Å². The molecule has 2 aliphatic heterocycles. The molecular weight excluding hydrogens is 516 g/mol. The van der Waals surface area contributed by atoms with Crippen LogP contribution < -0.4 is 20.2 Å². The topological polar surface area (TPSA) is 120 Å². The average molecular weight is 547 g/mol. The summed E-state index contributed by atoms with van der Waals surface area (Å²) in [5.74, 6) is 1.48. The number of ether oxygens (including phenoxy) is 1. The molecule has 0 saturated carbocycles. The van der Waals surface area contributed by atoms with Gasteiger partial charge in [0.25, 0.3) is 5.91 Å². The van der Waals surface area contributed by atoms with Crippen molar-refractivity contribution in [1.29, 1.82) is 0 Å². The lowest BCUT2D eigenvalue weighted by Gasteiger charge is -2.28. The molecule has 39 heavy (non-hydrogen) atoms. The molecule has 12 heteroatoms. The number of amides is 1. The van der Waals surface area contributed by atoms with Crippen LogP contribution in [0.25, 0.3) is 21.6 Å². The molecule has 4 aromatic rings. The van der Waals surface area contributed by atoms with Crippen LogP contribution in [0.1, 0.15) is 28.1 Å². The van der Waals surface area contributed by atoms with E-state index in [1.807, 2.05) is 11.9 Å². The maximum Gasteiger partial charge on any atom is 0.277 e. The van der Waals surface area contributed by atoms with E-state index in [2.05, 4.69) is 50.1 Å². The zero-order valence-electron chi connectivity index (χ0n) is 21.7. The van der Waals surface area contributed by atoms with Crippen molar-refractivity contribution in [1.82, 2.24) is 25.4 Å². The summed E-state index contributed by atoms with van der Waals surface area (Å²) in [6.07, 6.45) is 5.27. The Balaban J connectivity index is 1.30. The minimum absolute atomic E-state index is 0.183. The van der Waals surface area contributed by atoms with Crippen molar-refractivity contribution in [2.75, 3.05) is 61.1 Å². The summed E-state index contributed by atoms with van der Waals surface area (Å²) < 4.78 is 6.65. The molecule has 0 radical (unpaired) electrons. The quantitative estimate of drug-likeness (QED) is 0.264. The number of hydrogen-bond acceptors (Lipinski definition) is 11. The van der Waals surface area contributed by atoms with Crippen LogP contribution in [0.3, 0.4) is 0 Å². The fourth-order valence-corrected chi connectivity index (χ4v) is 6.13. The minimum Gasteiger partial charge on any atom is -0.378 e. The predicted octanol–water partition coefficient (Wildman–Crippen LogP) is 3.34. The molecule has 1 aromatic carbocycles. The molecule has 11 nitrogen and oxygen atoms in total. The fraction of sp³-hybridized carbons (Fsp3) is 0.370. The van der Waals surface area contributed by atoms with E-state index in [0.29, 0.717) is 25.7 Å². The third-order valence-electron chi connectivity index (χ3n) is 7.05. The second-order valence-corrected chi connectivity index (χ2v) is 10.8.